The Kier molecular flexibility index (Phi) is 15.7. The number of nitrogens with one attached hydrogen (secondary N) is 2. The van der Waals surface area contributed by atoms with Crippen LogP contribution in [-0.4, -0.2) is 164 Å². The van der Waals surface area contributed by atoms with E-state index in [1.54, 1.807) is 28.5 Å². The number of thiazole rings is 1. The number of aromatic nitrogens is 5. The molecule has 13 rings (SSSR count). The van der Waals surface area contributed by atoms with Crippen molar-refractivity contribution in [3.8, 4) is 27.7 Å². The first-order chi connectivity index (χ1) is 41.2. The number of benzene rings is 3. The van der Waals surface area contributed by atoms with Gasteiger partial charge in [0, 0.05) is 88.2 Å². The number of hydrogen-bond donors (Lipinski definition) is 3. The lowest BCUT2D eigenvalue weighted by Crippen LogP contribution is -2.51. The molecule has 0 radical (unpaired) electrons. The molecule has 6 aliphatic heterocycles. The predicted octanol–water partition coefficient (Wildman–Crippen LogP) is 8.82. The number of hydrogen-bond acceptors (Lipinski definition) is 17. The van der Waals surface area contributed by atoms with Crippen LogP contribution in [0.15, 0.2) is 83.0 Å². The summed E-state index contributed by atoms with van der Waals surface area (Å²) in [5, 5.41) is 24.6. The highest BCUT2D eigenvalue weighted by Gasteiger charge is 2.51. The fraction of sp³-hybridized carbons (Fsp3) is 0.500. The van der Waals surface area contributed by atoms with Gasteiger partial charge in [-0.1, -0.05) is 86.6 Å². The van der Waals surface area contributed by atoms with E-state index >= 15 is 4.39 Å². The lowest BCUT2D eigenvalue weighted by atomic mass is 9.91. The van der Waals surface area contributed by atoms with Crippen molar-refractivity contribution in [3.63, 3.8) is 0 Å². The van der Waals surface area contributed by atoms with Gasteiger partial charge in [0.2, 0.25) is 11.8 Å². The number of likely N-dealkylation sites (tertiary alicyclic amines) is 1. The van der Waals surface area contributed by atoms with Gasteiger partial charge in [-0.15, -0.1) is 11.3 Å². The predicted molar refractivity (Wildman–Crippen MR) is 323 cm³/mol. The molecule has 85 heavy (non-hydrogen) atoms. The number of anilines is 2. The summed E-state index contributed by atoms with van der Waals surface area (Å²) in [5.41, 5.74) is 6.77. The first-order valence-corrected chi connectivity index (χ1v) is 31.3. The van der Waals surface area contributed by atoms with Crippen LogP contribution < -0.4 is 25.2 Å². The van der Waals surface area contributed by atoms with Crippen LogP contribution >= 0.6 is 11.3 Å². The molecule has 3 unspecified atom stereocenters. The maximum Gasteiger partial charge on any atom is 0.409 e. The SMILES string of the molecule is CCc1cccc2cccc(-c3ncc4c(N5CC6CCC(C5)N6)nc(OCC56CCCN5[C@H](COC(=O)N5CCN(c7cc([C@H](C(=O)N8C[C@H](O)C[C@H]8C(=O)N[C@@H](C)c8ccc(-c9scnc9C)cc8)C(C)C)on7)CC5)CC6)nc4c3F)c12. The second-order valence-corrected chi connectivity index (χ2v) is 25.5. The second-order valence-electron chi connectivity index (χ2n) is 24.6. The molecule has 6 saturated heterocycles. The van der Waals surface area contributed by atoms with Crippen LogP contribution in [0, 0.1) is 18.7 Å². The summed E-state index contributed by atoms with van der Waals surface area (Å²) >= 11 is 1.58. The van der Waals surface area contributed by atoms with E-state index in [4.69, 9.17) is 28.9 Å². The van der Waals surface area contributed by atoms with Crippen molar-refractivity contribution in [2.45, 2.75) is 134 Å². The van der Waals surface area contributed by atoms with Gasteiger partial charge in [-0.3, -0.25) is 19.5 Å². The molecule has 6 fully saturated rings. The van der Waals surface area contributed by atoms with Crippen molar-refractivity contribution < 1.29 is 37.9 Å². The number of rotatable bonds is 16. The number of amides is 3. The third kappa shape index (κ3) is 10.9. The van der Waals surface area contributed by atoms with Crippen LogP contribution in [0.5, 0.6) is 6.01 Å². The maximum absolute atomic E-state index is 17.3. The molecule has 21 heteroatoms. The number of carbonyl (C=O) groups excluding carboxylic acids is 3. The fourth-order valence-electron chi connectivity index (χ4n) is 14.5. The molecule has 3 aromatic carbocycles. The Morgan fingerprint density at radius 1 is 0.929 bits per heavy atom. The monoisotopic (exact) mass is 1170 g/mol. The number of fused-ring (bicyclic) bond motifs is 5. The van der Waals surface area contributed by atoms with Gasteiger partial charge in [0.15, 0.2) is 17.4 Å². The van der Waals surface area contributed by atoms with Crippen LogP contribution in [0.25, 0.3) is 43.4 Å². The van der Waals surface area contributed by atoms with E-state index in [1.165, 1.54) is 4.90 Å². The van der Waals surface area contributed by atoms with Crippen molar-refractivity contribution in [2.75, 3.05) is 75.4 Å². The zero-order valence-electron chi connectivity index (χ0n) is 49.0. The first-order valence-electron chi connectivity index (χ1n) is 30.4. The van der Waals surface area contributed by atoms with Crippen molar-refractivity contribution in [1.29, 1.82) is 0 Å². The molecule has 2 bridgehead atoms. The third-order valence-electron chi connectivity index (χ3n) is 18.9. The highest BCUT2D eigenvalue weighted by Crippen LogP contribution is 2.44. The molecule has 446 valence electrons. The lowest BCUT2D eigenvalue weighted by molar-refractivity contribution is -0.141. The topological polar surface area (TPSA) is 208 Å². The second kappa shape index (κ2) is 23.5. The number of nitrogens with zero attached hydrogens (tertiary/aromatic N) is 10. The number of ether oxygens (including phenoxy) is 2. The highest BCUT2D eigenvalue weighted by atomic mass is 32.1. The van der Waals surface area contributed by atoms with Crippen molar-refractivity contribution in [3.05, 3.63) is 107 Å². The van der Waals surface area contributed by atoms with Crippen LogP contribution in [0.2, 0.25) is 0 Å². The molecule has 6 aliphatic rings. The molecule has 7 aromatic rings. The number of β-amino-alcohol motifs (C(OH)–C–C–N with tert-alkyl or cyclic N) is 1. The van der Waals surface area contributed by atoms with E-state index in [9.17, 15) is 19.5 Å². The normalized spacial score (nSPS) is 24.0. The number of aryl methyl sites for hydroxylation is 2. The molecular weight excluding hydrogens is 1100 g/mol. The van der Waals surface area contributed by atoms with Gasteiger partial charge in [-0.2, -0.15) is 9.97 Å². The molecule has 0 spiro atoms. The smallest absolute Gasteiger partial charge is 0.409 e. The van der Waals surface area contributed by atoms with Crippen LogP contribution in [0.4, 0.5) is 20.8 Å². The van der Waals surface area contributed by atoms with Gasteiger partial charge in [-0.25, -0.2) is 14.2 Å². The minimum Gasteiger partial charge on any atom is -0.461 e. The number of halogens is 1. The number of piperazine rings is 2. The summed E-state index contributed by atoms with van der Waals surface area (Å²) in [4.78, 5) is 72.2. The quantitative estimate of drug-likeness (QED) is 0.0826. The summed E-state index contributed by atoms with van der Waals surface area (Å²) in [6.07, 6.45) is 7.16. The molecule has 3 N–H and O–H groups in total. The molecule has 8 atom stereocenters. The summed E-state index contributed by atoms with van der Waals surface area (Å²) < 4.78 is 36.0. The Labute approximate surface area is 498 Å². The van der Waals surface area contributed by atoms with Gasteiger partial charge < -0.3 is 49.3 Å². The Morgan fingerprint density at radius 2 is 1.71 bits per heavy atom. The summed E-state index contributed by atoms with van der Waals surface area (Å²) in [6.45, 7) is 14.5. The molecule has 0 aliphatic carbocycles. The molecule has 4 aromatic heterocycles. The lowest BCUT2D eigenvalue weighted by Gasteiger charge is -2.36. The van der Waals surface area contributed by atoms with E-state index in [0.29, 0.717) is 67.7 Å². The molecule has 0 saturated carbocycles. The number of pyridine rings is 1. The van der Waals surface area contributed by atoms with Crippen molar-refractivity contribution in [2.24, 2.45) is 5.92 Å². The third-order valence-corrected chi connectivity index (χ3v) is 19.9. The maximum atomic E-state index is 17.3. The Bertz CT molecular complexity index is 3610. The Balaban J connectivity index is 0.630. The first kappa shape index (κ1) is 56.8. The highest BCUT2D eigenvalue weighted by molar-refractivity contribution is 7.13. The van der Waals surface area contributed by atoms with Crippen molar-refractivity contribution >= 4 is 62.6 Å². The van der Waals surface area contributed by atoms with E-state index in [-0.39, 0.29) is 78.2 Å². The van der Waals surface area contributed by atoms with Gasteiger partial charge in [0.1, 0.15) is 42.2 Å². The van der Waals surface area contributed by atoms with Crippen LogP contribution in [-0.2, 0) is 20.7 Å². The van der Waals surface area contributed by atoms with Gasteiger partial charge in [0.05, 0.1) is 39.2 Å². The standard InChI is InChI=1S/C64H75FN12O7S/c1-6-40-10-7-11-42-12-8-13-48(54(40)42)56-55(65)57-49(30-66-56)59(75-31-44-18-19-45(32-75)69-44)71-62(70-57)83-35-64-21-9-23-77(64)46(20-22-64)34-82-63(81)74-26-24-73(25-27-74)52-29-51(84-72-52)53(37(2)3)61(80)76-33-47(78)28-50(76)60(79)68-38(4)41-14-16-43(17-15-41)58-39(5)67-36-85-58/h7-8,10-17,29-30,36-38,44-47,50,53,69,78H,6,9,18-28,31-35H2,1-5H3,(H,68,79)/t38-,44?,45?,46-,47+,50-,53+,64?/m0/s1. The van der Waals surface area contributed by atoms with Gasteiger partial charge in [-0.05, 0) is 98.7 Å². The average Bonchev–Trinajstić information content (AvgIpc) is 3.30. The van der Waals surface area contributed by atoms with Gasteiger partial charge >= 0.3 is 12.1 Å². The Hall–Kier alpha value is -7.33. The fourth-order valence-corrected chi connectivity index (χ4v) is 15.3. The van der Waals surface area contributed by atoms with E-state index in [0.717, 1.165) is 108 Å². The van der Waals surface area contributed by atoms with Gasteiger partial charge in [0.25, 0.3) is 0 Å². The zero-order chi connectivity index (χ0) is 58.7. The number of aliphatic hydroxyl groups is 1. The largest absolute Gasteiger partial charge is 0.461 e. The average molecular weight is 1180 g/mol. The summed E-state index contributed by atoms with van der Waals surface area (Å²) in [7, 11) is 0. The minimum atomic E-state index is -0.859. The Morgan fingerprint density at radius 3 is 2.45 bits per heavy atom. The zero-order valence-corrected chi connectivity index (χ0v) is 49.8. The molecule has 19 nitrogen and oxygen atoms in total. The summed E-state index contributed by atoms with van der Waals surface area (Å²) in [5.74, 6) is -0.517. The van der Waals surface area contributed by atoms with E-state index in [2.05, 4.69) is 55.7 Å². The molecule has 3 amide bonds. The molecular formula is C64H75FN12O7S. The minimum absolute atomic E-state index is 0.00495. The number of aliphatic hydroxyl groups excluding tert-OH is 1. The summed E-state index contributed by atoms with van der Waals surface area (Å²) in [6, 6.07) is 21.5. The van der Waals surface area contributed by atoms with Crippen LogP contribution in [0.1, 0.15) is 107 Å². The number of carbonyl (C=O) groups is 3. The van der Waals surface area contributed by atoms with E-state index in [1.807, 2.05) is 80.6 Å². The van der Waals surface area contributed by atoms with E-state index < -0.39 is 23.9 Å². The van der Waals surface area contributed by atoms with Crippen LogP contribution in [0.3, 0.4) is 0 Å². The van der Waals surface area contributed by atoms with Crippen molar-refractivity contribution in [1.82, 2.24) is 50.4 Å². The molecule has 10 heterocycles.